The summed E-state index contributed by atoms with van der Waals surface area (Å²) in [5.41, 5.74) is 1.49. The van der Waals surface area contributed by atoms with E-state index in [0.717, 1.165) is 22.4 Å². The fourth-order valence-electron chi connectivity index (χ4n) is 2.92. The summed E-state index contributed by atoms with van der Waals surface area (Å²) in [6.45, 7) is 3.05. The van der Waals surface area contributed by atoms with E-state index < -0.39 is 24.3 Å². The first-order valence-electron chi connectivity index (χ1n) is 8.66. The van der Waals surface area contributed by atoms with Crippen molar-refractivity contribution in [1.29, 1.82) is 0 Å². The predicted octanol–water partition coefficient (Wildman–Crippen LogP) is 4.32. The minimum absolute atomic E-state index is 0.0769. The Bertz CT molecular complexity index is 995. The third-order valence-electron chi connectivity index (χ3n) is 4.41. The SMILES string of the molecule is Cc1ccc(C(=O)OCC(=O)N[C@H](C)c2cccc3ccccc23)cc1F. The standard InChI is InChI=1S/C22H20FNO3/c1-14-10-11-17(12-20(14)23)22(26)27-13-21(25)24-15(2)18-9-5-7-16-6-3-4-8-19(16)18/h3-12,15H,13H2,1-2H3,(H,24,25)/t15-/m1/s1. The number of aryl methyl sites for hydroxylation is 1. The Balaban J connectivity index is 1.61. The number of rotatable bonds is 5. The first-order valence-corrected chi connectivity index (χ1v) is 8.66. The van der Waals surface area contributed by atoms with E-state index in [1.54, 1.807) is 6.92 Å². The Hall–Kier alpha value is -3.21. The van der Waals surface area contributed by atoms with E-state index >= 15 is 0 Å². The monoisotopic (exact) mass is 365 g/mol. The molecule has 0 aliphatic rings. The van der Waals surface area contributed by atoms with Crippen LogP contribution in [0.25, 0.3) is 10.8 Å². The van der Waals surface area contributed by atoms with Gasteiger partial charge in [0.25, 0.3) is 5.91 Å². The number of hydrogen-bond donors (Lipinski definition) is 1. The smallest absolute Gasteiger partial charge is 0.338 e. The van der Waals surface area contributed by atoms with Crippen molar-refractivity contribution in [3.05, 3.63) is 83.2 Å². The quantitative estimate of drug-likeness (QED) is 0.685. The zero-order valence-electron chi connectivity index (χ0n) is 15.2. The number of benzene rings is 3. The Morgan fingerprint density at radius 1 is 1.07 bits per heavy atom. The van der Waals surface area contributed by atoms with Crippen LogP contribution in [0.4, 0.5) is 4.39 Å². The predicted molar refractivity (Wildman–Crippen MR) is 102 cm³/mol. The summed E-state index contributed by atoms with van der Waals surface area (Å²) in [4.78, 5) is 24.1. The molecule has 0 saturated heterocycles. The average Bonchev–Trinajstić information content (AvgIpc) is 2.67. The maximum absolute atomic E-state index is 13.5. The fraction of sp³-hybridized carbons (Fsp3) is 0.182. The van der Waals surface area contributed by atoms with Crippen molar-refractivity contribution in [2.24, 2.45) is 0 Å². The summed E-state index contributed by atoms with van der Waals surface area (Å²) in [6, 6.07) is 17.6. The Morgan fingerprint density at radius 2 is 1.81 bits per heavy atom. The van der Waals surface area contributed by atoms with E-state index in [2.05, 4.69) is 5.32 Å². The van der Waals surface area contributed by atoms with Crippen molar-refractivity contribution >= 4 is 22.6 Å². The Kier molecular flexibility index (Phi) is 5.50. The highest BCUT2D eigenvalue weighted by molar-refractivity contribution is 5.91. The maximum atomic E-state index is 13.5. The third-order valence-corrected chi connectivity index (χ3v) is 4.41. The van der Waals surface area contributed by atoms with Crippen molar-refractivity contribution in [2.75, 3.05) is 6.61 Å². The molecule has 0 saturated carbocycles. The number of fused-ring (bicyclic) bond motifs is 1. The van der Waals surface area contributed by atoms with Crippen LogP contribution in [0.5, 0.6) is 0 Å². The lowest BCUT2D eigenvalue weighted by atomic mass is 10.00. The van der Waals surface area contributed by atoms with Crippen LogP contribution in [-0.4, -0.2) is 18.5 Å². The van der Waals surface area contributed by atoms with Gasteiger partial charge in [0.15, 0.2) is 6.61 Å². The molecule has 3 aromatic carbocycles. The molecule has 4 nitrogen and oxygen atoms in total. The summed E-state index contributed by atoms with van der Waals surface area (Å²) in [6.07, 6.45) is 0. The van der Waals surface area contributed by atoms with Crippen molar-refractivity contribution < 1.29 is 18.7 Å². The normalized spacial score (nSPS) is 11.8. The van der Waals surface area contributed by atoms with Crippen LogP contribution in [0.15, 0.2) is 60.7 Å². The summed E-state index contributed by atoms with van der Waals surface area (Å²) >= 11 is 0. The van der Waals surface area contributed by atoms with E-state index in [-0.39, 0.29) is 11.6 Å². The minimum Gasteiger partial charge on any atom is -0.452 e. The average molecular weight is 365 g/mol. The van der Waals surface area contributed by atoms with Gasteiger partial charge in [-0.15, -0.1) is 0 Å². The van der Waals surface area contributed by atoms with Crippen LogP contribution in [0.1, 0.15) is 34.5 Å². The molecule has 0 spiro atoms. The topological polar surface area (TPSA) is 55.4 Å². The van der Waals surface area contributed by atoms with Crippen LogP contribution in [0, 0.1) is 12.7 Å². The zero-order valence-corrected chi connectivity index (χ0v) is 15.2. The molecule has 0 fully saturated rings. The van der Waals surface area contributed by atoms with Gasteiger partial charge in [-0.1, -0.05) is 48.5 Å². The zero-order chi connectivity index (χ0) is 19.4. The van der Waals surface area contributed by atoms with Crippen molar-refractivity contribution in [2.45, 2.75) is 19.9 Å². The molecule has 0 heterocycles. The van der Waals surface area contributed by atoms with Crippen molar-refractivity contribution in [3.8, 4) is 0 Å². The lowest BCUT2D eigenvalue weighted by molar-refractivity contribution is -0.124. The van der Waals surface area contributed by atoms with E-state index in [9.17, 15) is 14.0 Å². The van der Waals surface area contributed by atoms with Crippen LogP contribution in [0.2, 0.25) is 0 Å². The number of nitrogens with one attached hydrogen (secondary N) is 1. The van der Waals surface area contributed by atoms with E-state index in [0.29, 0.717) is 5.56 Å². The molecular formula is C22H20FNO3. The second kappa shape index (κ2) is 7.99. The summed E-state index contributed by atoms with van der Waals surface area (Å²) in [7, 11) is 0. The fourth-order valence-corrected chi connectivity index (χ4v) is 2.92. The lowest BCUT2D eigenvalue weighted by Gasteiger charge is -2.16. The van der Waals surface area contributed by atoms with E-state index in [1.165, 1.54) is 12.1 Å². The van der Waals surface area contributed by atoms with Crippen molar-refractivity contribution in [3.63, 3.8) is 0 Å². The Morgan fingerprint density at radius 3 is 2.59 bits per heavy atom. The van der Waals surface area contributed by atoms with Crippen LogP contribution in [-0.2, 0) is 9.53 Å². The highest BCUT2D eigenvalue weighted by Crippen LogP contribution is 2.23. The van der Waals surface area contributed by atoms with Gasteiger partial charge in [-0.05, 0) is 47.9 Å². The summed E-state index contributed by atoms with van der Waals surface area (Å²) < 4.78 is 18.5. The van der Waals surface area contributed by atoms with Crippen LogP contribution < -0.4 is 5.32 Å². The minimum atomic E-state index is -0.734. The molecule has 3 rings (SSSR count). The first-order chi connectivity index (χ1) is 13.0. The number of hydrogen-bond acceptors (Lipinski definition) is 3. The summed E-state index contributed by atoms with van der Waals surface area (Å²) in [5.74, 6) is -1.64. The highest BCUT2D eigenvalue weighted by Gasteiger charge is 2.15. The largest absolute Gasteiger partial charge is 0.452 e. The number of ether oxygens (including phenoxy) is 1. The van der Waals surface area contributed by atoms with Gasteiger partial charge in [0.05, 0.1) is 11.6 Å². The molecule has 0 aliphatic carbocycles. The highest BCUT2D eigenvalue weighted by atomic mass is 19.1. The third kappa shape index (κ3) is 4.31. The molecule has 138 valence electrons. The molecule has 0 radical (unpaired) electrons. The van der Waals surface area contributed by atoms with Gasteiger partial charge in [0, 0.05) is 0 Å². The second-order valence-electron chi connectivity index (χ2n) is 6.40. The van der Waals surface area contributed by atoms with E-state index in [1.807, 2.05) is 49.4 Å². The van der Waals surface area contributed by atoms with Gasteiger partial charge >= 0.3 is 5.97 Å². The van der Waals surface area contributed by atoms with Crippen LogP contribution in [0.3, 0.4) is 0 Å². The molecule has 0 aromatic heterocycles. The lowest BCUT2D eigenvalue weighted by Crippen LogP contribution is -2.31. The first kappa shape index (κ1) is 18.6. The number of esters is 1. The Labute approximate surface area is 157 Å². The molecule has 0 bridgehead atoms. The number of amides is 1. The number of halogens is 1. The second-order valence-corrected chi connectivity index (χ2v) is 6.40. The molecule has 1 amide bonds. The molecule has 5 heteroatoms. The van der Waals surface area contributed by atoms with Gasteiger partial charge in [-0.3, -0.25) is 4.79 Å². The summed E-state index contributed by atoms with van der Waals surface area (Å²) in [5, 5.41) is 4.97. The molecular weight excluding hydrogens is 345 g/mol. The van der Waals surface area contributed by atoms with Crippen LogP contribution >= 0.6 is 0 Å². The number of carbonyl (C=O) groups excluding carboxylic acids is 2. The van der Waals surface area contributed by atoms with Gasteiger partial charge < -0.3 is 10.1 Å². The molecule has 0 unspecified atom stereocenters. The molecule has 27 heavy (non-hydrogen) atoms. The maximum Gasteiger partial charge on any atom is 0.338 e. The molecule has 1 N–H and O–H groups in total. The van der Waals surface area contributed by atoms with Gasteiger partial charge in [-0.25, -0.2) is 9.18 Å². The molecule has 3 aromatic rings. The van der Waals surface area contributed by atoms with Crippen molar-refractivity contribution in [1.82, 2.24) is 5.32 Å². The van der Waals surface area contributed by atoms with Gasteiger partial charge in [0.2, 0.25) is 0 Å². The van der Waals surface area contributed by atoms with Gasteiger partial charge in [0.1, 0.15) is 5.82 Å². The molecule has 1 atom stereocenters. The molecule has 0 aliphatic heterocycles. The van der Waals surface area contributed by atoms with E-state index in [4.69, 9.17) is 4.74 Å². The number of carbonyl (C=O) groups is 2. The van der Waals surface area contributed by atoms with Gasteiger partial charge in [-0.2, -0.15) is 0 Å².